The summed E-state index contributed by atoms with van der Waals surface area (Å²) < 4.78 is 6.92. The third kappa shape index (κ3) is 7.32. The van der Waals surface area contributed by atoms with Gasteiger partial charge in [-0.3, -0.25) is 0 Å². The minimum absolute atomic E-state index is 0.379. The summed E-state index contributed by atoms with van der Waals surface area (Å²) >= 11 is 3.62. The molecule has 120 valence electrons. The van der Waals surface area contributed by atoms with E-state index in [9.17, 15) is 0 Å². The summed E-state index contributed by atoms with van der Waals surface area (Å²) in [4.78, 5) is 0. The van der Waals surface area contributed by atoms with Crippen molar-refractivity contribution < 1.29 is 4.74 Å². The van der Waals surface area contributed by atoms with E-state index < -0.39 is 0 Å². The molecule has 0 radical (unpaired) electrons. The first-order valence-electron chi connectivity index (χ1n) is 8.34. The molecule has 0 aliphatic carbocycles. The minimum Gasteiger partial charge on any atom is -0.492 e. The van der Waals surface area contributed by atoms with Gasteiger partial charge in [-0.05, 0) is 59.9 Å². The first-order valence-corrected chi connectivity index (χ1v) is 9.14. The molecule has 0 aliphatic heterocycles. The van der Waals surface area contributed by atoms with Crippen LogP contribution in [0.25, 0.3) is 0 Å². The highest BCUT2D eigenvalue weighted by Gasteiger charge is 2.08. The van der Waals surface area contributed by atoms with E-state index in [1.807, 2.05) is 0 Å². The SMILES string of the molecule is CCCCCCCOc1ccc(C(C)NCCC)cc1Br. The zero-order valence-corrected chi connectivity index (χ0v) is 15.3. The van der Waals surface area contributed by atoms with Crippen molar-refractivity contribution >= 4 is 15.9 Å². The van der Waals surface area contributed by atoms with Gasteiger partial charge in [-0.25, -0.2) is 0 Å². The average Bonchev–Trinajstić information content (AvgIpc) is 2.49. The highest BCUT2D eigenvalue weighted by Crippen LogP contribution is 2.28. The molecule has 0 aromatic heterocycles. The predicted octanol–water partition coefficient (Wildman–Crippen LogP) is 5.86. The molecule has 0 saturated carbocycles. The molecular formula is C18H30BrNO. The standard InChI is InChI=1S/C18H30BrNO/c1-4-6-7-8-9-13-21-18-11-10-16(14-17(18)19)15(3)20-12-5-2/h10-11,14-15,20H,4-9,12-13H2,1-3H3. The second kappa shape index (κ2) is 11.1. The van der Waals surface area contributed by atoms with Crippen molar-refractivity contribution in [2.45, 2.75) is 65.3 Å². The Morgan fingerprint density at radius 3 is 2.52 bits per heavy atom. The highest BCUT2D eigenvalue weighted by atomic mass is 79.9. The van der Waals surface area contributed by atoms with Crippen LogP contribution in [0.3, 0.4) is 0 Å². The Kier molecular flexibility index (Phi) is 9.77. The van der Waals surface area contributed by atoms with Crippen LogP contribution in [-0.2, 0) is 0 Å². The van der Waals surface area contributed by atoms with Crippen LogP contribution in [0.1, 0.15) is 70.9 Å². The minimum atomic E-state index is 0.379. The van der Waals surface area contributed by atoms with Crippen LogP contribution in [0.15, 0.2) is 22.7 Å². The van der Waals surface area contributed by atoms with Gasteiger partial charge >= 0.3 is 0 Å². The number of ether oxygens (including phenoxy) is 1. The molecule has 1 aromatic rings. The lowest BCUT2D eigenvalue weighted by Gasteiger charge is -2.15. The quantitative estimate of drug-likeness (QED) is 0.502. The van der Waals surface area contributed by atoms with E-state index in [-0.39, 0.29) is 0 Å². The maximum absolute atomic E-state index is 5.87. The molecule has 0 saturated heterocycles. The molecule has 1 unspecified atom stereocenters. The van der Waals surface area contributed by atoms with Crippen LogP contribution < -0.4 is 10.1 Å². The first kappa shape index (κ1) is 18.5. The maximum Gasteiger partial charge on any atom is 0.133 e. The number of hydrogen-bond acceptors (Lipinski definition) is 2. The fourth-order valence-electron chi connectivity index (χ4n) is 2.27. The Labute approximate surface area is 138 Å². The molecule has 21 heavy (non-hydrogen) atoms. The van der Waals surface area contributed by atoms with Crippen molar-refractivity contribution in [3.05, 3.63) is 28.2 Å². The summed E-state index contributed by atoms with van der Waals surface area (Å²) in [7, 11) is 0. The second-order valence-electron chi connectivity index (χ2n) is 5.63. The second-order valence-corrected chi connectivity index (χ2v) is 6.48. The predicted molar refractivity (Wildman–Crippen MR) is 95.1 cm³/mol. The molecule has 0 heterocycles. The monoisotopic (exact) mass is 355 g/mol. The molecule has 3 heteroatoms. The van der Waals surface area contributed by atoms with Gasteiger partial charge in [0.15, 0.2) is 0 Å². The van der Waals surface area contributed by atoms with Crippen LogP contribution in [0.5, 0.6) is 5.75 Å². The molecule has 0 aliphatic rings. The zero-order chi connectivity index (χ0) is 15.5. The van der Waals surface area contributed by atoms with Crippen molar-refractivity contribution in [2.24, 2.45) is 0 Å². The van der Waals surface area contributed by atoms with E-state index in [0.717, 1.165) is 36.2 Å². The summed E-state index contributed by atoms with van der Waals surface area (Å²) in [6.07, 6.45) is 7.51. The Balaban J connectivity index is 2.39. The van der Waals surface area contributed by atoms with Gasteiger partial charge in [0.25, 0.3) is 0 Å². The van der Waals surface area contributed by atoms with E-state index in [1.54, 1.807) is 0 Å². The fraction of sp³-hybridized carbons (Fsp3) is 0.667. The van der Waals surface area contributed by atoms with Crippen LogP contribution in [0.4, 0.5) is 0 Å². The van der Waals surface area contributed by atoms with Crippen LogP contribution >= 0.6 is 15.9 Å². The molecular weight excluding hydrogens is 326 g/mol. The van der Waals surface area contributed by atoms with Crippen molar-refractivity contribution in [1.82, 2.24) is 5.32 Å². The summed E-state index contributed by atoms with van der Waals surface area (Å²) in [5.74, 6) is 0.955. The summed E-state index contributed by atoms with van der Waals surface area (Å²) in [5, 5.41) is 3.51. The van der Waals surface area contributed by atoms with Crippen LogP contribution in [-0.4, -0.2) is 13.2 Å². The van der Waals surface area contributed by atoms with Crippen molar-refractivity contribution in [3.63, 3.8) is 0 Å². The Morgan fingerprint density at radius 2 is 1.86 bits per heavy atom. The molecule has 0 spiro atoms. The van der Waals surface area contributed by atoms with Crippen molar-refractivity contribution in [2.75, 3.05) is 13.2 Å². The third-order valence-corrected chi connectivity index (χ3v) is 4.28. The molecule has 1 aromatic carbocycles. The Bertz CT molecular complexity index is 395. The number of hydrogen-bond donors (Lipinski definition) is 1. The molecule has 1 rings (SSSR count). The first-order chi connectivity index (χ1) is 10.2. The van der Waals surface area contributed by atoms with Gasteiger partial charge in [0, 0.05) is 6.04 Å². The van der Waals surface area contributed by atoms with Crippen LogP contribution in [0.2, 0.25) is 0 Å². The molecule has 1 atom stereocenters. The number of halogens is 1. The zero-order valence-electron chi connectivity index (χ0n) is 13.8. The number of rotatable bonds is 11. The molecule has 1 N–H and O–H groups in total. The summed E-state index contributed by atoms with van der Waals surface area (Å²) in [6, 6.07) is 6.78. The Morgan fingerprint density at radius 1 is 1.10 bits per heavy atom. The van der Waals surface area contributed by atoms with Gasteiger partial charge < -0.3 is 10.1 Å². The third-order valence-electron chi connectivity index (χ3n) is 3.66. The lowest BCUT2D eigenvalue weighted by molar-refractivity contribution is 0.302. The molecule has 2 nitrogen and oxygen atoms in total. The van der Waals surface area contributed by atoms with E-state index in [1.165, 1.54) is 31.2 Å². The van der Waals surface area contributed by atoms with Gasteiger partial charge in [-0.1, -0.05) is 45.6 Å². The smallest absolute Gasteiger partial charge is 0.133 e. The van der Waals surface area contributed by atoms with Crippen molar-refractivity contribution in [1.29, 1.82) is 0 Å². The van der Waals surface area contributed by atoms with E-state index >= 15 is 0 Å². The summed E-state index contributed by atoms with van der Waals surface area (Å²) in [5.41, 5.74) is 1.30. The van der Waals surface area contributed by atoms with Gasteiger partial charge in [-0.15, -0.1) is 0 Å². The van der Waals surface area contributed by atoms with E-state index in [4.69, 9.17) is 4.74 Å². The lowest BCUT2D eigenvalue weighted by atomic mass is 10.1. The Hall–Kier alpha value is -0.540. The number of unbranched alkanes of at least 4 members (excludes halogenated alkanes) is 4. The number of nitrogens with one attached hydrogen (secondary N) is 1. The largest absolute Gasteiger partial charge is 0.492 e. The normalized spacial score (nSPS) is 12.4. The van der Waals surface area contributed by atoms with Gasteiger partial charge in [0.05, 0.1) is 11.1 Å². The molecule has 0 bridgehead atoms. The fourth-order valence-corrected chi connectivity index (χ4v) is 2.78. The van der Waals surface area contributed by atoms with E-state index in [2.05, 4.69) is 60.2 Å². The summed E-state index contributed by atoms with van der Waals surface area (Å²) in [6.45, 7) is 8.49. The number of benzene rings is 1. The molecule has 0 fully saturated rings. The molecule has 0 amide bonds. The van der Waals surface area contributed by atoms with Gasteiger partial charge in [0.1, 0.15) is 5.75 Å². The van der Waals surface area contributed by atoms with E-state index in [0.29, 0.717) is 6.04 Å². The lowest BCUT2D eigenvalue weighted by Crippen LogP contribution is -2.19. The topological polar surface area (TPSA) is 21.3 Å². The highest BCUT2D eigenvalue weighted by molar-refractivity contribution is 9.10. The average molecular weight is 356 g/mol. The maximum atomic E-state index is 5.87. The van der Waals surface area contributed by atoms with Crippen LogP contribution in [0, 0.1) is 0 Å². The van der Waals surface area contributed by atoms with Crippen molar-refractivity contribution in [3.8, 4) is 5.75 Å². The van der Waals surface area contributed by atoms with Gasteiger partial charge in [0.2, 0.25) is 0 Å². The van der Waals surface area contributed by atoms with Gasteiger partial charge in [-0.2, -0.15) is 0 Å².